The van der Waals surface area contributed by atoms with Crippen LogP contribution in [0.5, 0.6) is 0 Å². The Morgan fingerprint density at radius 3 is 1.97 bits per heavy atom. The third kappa shape index (κ3) is 5.77. The van der Waals surface area contributed by atoms with E-state index in [1.165, 1.54) is 0 Å². The molecule has 164 valence electrons. The molecular weight excluding hydrogens is 400 g/mol. The van der Waals surface area contributed by atoms with Crippen LogP contribution in [0.25, 0.3) is 0 Å². The third-order valence-electron chi connectivity index (χ3n) is 4.88. The van der Waals surface area contributed by atoms with Crippen molar-refractivity contribution in [3.05, 3.63) is 70.8 Å². The van der Waals surface area contributed by atoms with Crippen LogP contribution >= 0.6 is 0 Å². The first-order chi connectivity index (χ1) is 14.7. The molecule has 7 heteroatoms. The Kier molecular flexibility index (Phi) is 6.87. The lowest BCUT2D eigenvalue weighted by Crippen LogP contribution is -2.42. The van der Waals surface area contributed by atoms with E-state index in [2.05, 4.69) is 0 Å². The molecule has 1 aliphatic rings. The van der Waals surface area contributed by atoms with Crippen molar-refractivity contribution in [3.8, 4) is 0 Å². The normalized spacial score (nSPS) is 20.6. The van der Waals surface area contributed by atoms with Crippen LogP contribution in [0, 0.1) is 13.8 Å². The summed E-state index contributed by atoms with van der Waals surface area (Å²) in [5.74, 6) is -2.21. The minimum Gasteiger partial charge on any atom is -0.459 e. The Hall–Kier alpha value is -3.03. The molecule has 2 aromatic rings. The lowest BCUT2D eigenvalue weighted by Gasteiger charge is -2.22. The third-order valence-corrected chi connectivity index (χ3v) is 4.88. The number of aryl methyl sites for hydroxylation is 2. The molecule has 0 aliphatic carbocycles. The van der Waals surface area contributed by atoms with Gasteiger partial charge in [-0.1, -0.05) is 35.4 Å². The molecule has 7 nitrogen and oxygen atoms in total. The molecule has 0 saturated carbocycles. The fourth-order valence-corrected chi connectivity index (χ4v) is 3.25. The van der Waals surface area contributed by atoms with Gasteiger partial charge in [0.2, 0.25) is 0 Å². The second-order valence-corrected chi connectivity index (χ2v) is 7.98. The van der Waals surface area contributed by atoms with E-state index in [9.17, 15) is 14.4 Å². The highest BCUT2D eigenvalue weighted by molar-refractivity contribution is 5.90. The molecule has 0 aromatic heterocycles. The van der Waals surface area contributed by atoms with Crippen molar-refractivity contribution in [2.45, 2.75) is 51.8 Å². The summed E-state index contributed by atoms with van der Waals surface area (Å²) in [4.78, 5) is 36.5. The van der Waals surface area contributed by atoms with Crippen LogP contribution < -0.4 is 0 Å². The van der Waals surface area contributed by atoms with Gasteiger partial charge in [0, 0.05) is 0 Å². The summed E-state index contributed by atoms with van der Waals surface area (Å²) >= 11 is 0. The second-order valence-electron chi connectivity index (χ2n) is 7.98. The molecule has 31 heavy (non-hydrogen) atoms. The second kappa shape index (κ2) is 9.41. The van der Waals surface area contributed by atoms with Crippen LogP contribution in [-0.4, -0.2) is 48.9 Å². The first-order valence-electron chi connectivity index (χ1n) is 10.0. The number of hydrogen-bond donors (Lipinski definition) is 0. The lowest BCUT2D eigenvalue weighted by atomic mass is 10.1. The minimum absolute atomic E-state index is 0.159. The maximum Gasteiger partial charge on any atom is 0.338 e. The van der Waals surface area contributed by atoms with Crippen molar-refractivity contribution in [2.24, 2.45) is 0 Å². The first-order valence-corrected chi connectivity index (χ1v) is 10.0. The number of carbonyl (C=O) groups excluding carboxylic acids is 3. The summed E-state index contributed by atoms with van der Waals surface area (Å²) in [6, 6.07) is 13.8. The average molecular weight is 426 g/mol. The first kappa shape index (κ1) is 22.7. The topological polar surface area (TPSA) is 88.1 Å². The number of rotatable bonds is 7. The van der Waals surface area contributed by atoms with E-state index >= 15 is 0 Å². The van der Waals surface area contributed by atoms with Crippen molar-refractivity contribution in [3.63, 3.8) is 0 Å². The molecule has 0 N–H and O–H groups in total. The SMILES string of the molecule is Cc1ccc(C(=O)OC[C@@H]2OC(C)(C)O[C@@H]2[C@@H](C=O)OC(=O)c2ccc(C)cc2)cc1. The molecule has 1 saturated heterocycles. The molecule has 3 rings (SSSR count). The van der Waals surface area contributed by atoms with Crippen molar-refractivity contribution >= 4 is 18.2 Å². The van der Waals surface area contributed by atoms with Gasteiger partial charge >= 0.3 is 11.9 Å². The van der Waals surface area contributed by atoms with E-state index < -0.39 is 36.0 Å². The molecule has 0 radical (unpaired) electrons. The van der Waals surface area contributed by atoms with Gasteiger partial charge < -0.3 is 18.9 Å². The zero-order valence-electron chi connectivity index (χ0n) is 18.0. The largest absolute Gasteiger partial charge is 0.459 e. The summed E-state index contributed by atoms with van der Waals surface area (Å²) in [6.45, 7) is 7.00. The van der Waals surface area contributed by atoms with Crippen LogP contribution in [-0.2, 0) is 23.7 Å². The average Bonchev–Trinajstić information content (AvgIpc) is 3.05. The van der Waals surface area contributed by atoms with E-state index in [1.807, 2.05) is 26.0 Å². The van der Waals surface area contributed by atoms with Gasteiger partial charge in [0.05, 0.1) is 11.1 Å². The van der Waals surface area contributed by atoms with E-state index in [1.54, 1.807) is 50.2 Å². The molecule has 1 fully saturated rings. The Balaban J connectivity index is 1.68. The number of aldehydes is 1. The minimum atomic E-state index is -1.22. The van der Waals surface area contributed by atoms with Crippen molar-refractivity contribution in [1.82, 2.24) is 0 Å². The Morgan fingerprint density at radius 2 is 1.45 bits per heavy atom. The van der Waals surface area contributed by atoms with Crippen LogP contribution in [0.1, 0.15) is 45.7 Å². The van der Waals surface area contributed by atoms with Gasteiger partial charge in [-0.2, -0.15) is 0 Å². The lowest BCUT2D eigenvalue weighted by molar-refractivity contribution is -0.158. The standard InChI is InChI=1S/C24H26O7/c1-15-5-9-17(10-6-15)22(26)28-14-20-21(31-24(3,4)30-20)19(13-25)29-23(27)18-11-7-16(2)8-12-18/h5-13,19-21H,14H2,1-4H3/t19-,20+,21-/m1/s1. The van der Waals surface area contributed by atoms with E-state index in [0.717, 1.165) is 11.1 Å². The maximum absolute atomic E-state index is 12.5. The van der Waals surface area contributed by atoms with Crippen molar-refractivity contribution < 1.29 is 33.3 Å². The van der Waals surface area contributed by atoms with Gasteiger partial charge in [-0.25, -0.2) is 9.59 Å². The quantitative estimate of drug-likeness (QED) is 0.495. The van der Waals surface area contributed by atoms with E-state index in [4.69, 9.17) is 18.9 Å². The zero-order chi connectivity index (χ0) is 22.6. The van der Waals surface area contributed by atoms with Crippen LogP contribution in [0.15, 0.2) is 48.5 Å². The molecule has 1 aliphatic heterocycles. The van der Waals surface area contributed by atoms with Crippen molar-refractivity contribution in [2.75, 3.05) is 6.61 Å². The molecule has 2 aromatic carbocycles. The van der Waals surface area contributed by atoms with Crippen molar-refractivity contribution in [1.29, 1.82) is 0 Å². The monoisotopic (exact) mass is 426 g/mol. The molecule has 3 atom stereocenters. The maximum atomic E-state index is 12.5. The van der Waals surface area contributed by atoms with Gasteiger partial charge in [0.15, 0.2) is 18.2 Å². The fourth-order valence-electron chi connectivity index (χ4n) is 3.25. The number of hydrogen-bond acceptors (Lipinski definition) is 7. The molecule has 1 heterocycles. The smallest absolute Gasteiger partial charge is 0.338 e. The van der Waals surface area contributed by atoms with Gasteiger partial charge in [-0.15, -0.1) is 0 Å². The molecule has 0 unspecified atom stereocenters. The number of esters is 2. The van der Waals surface area contributed by atoms with Gasteiger partial charge in [-0.3, -0.25) is 4.79 Å². The zero-order valence-corrected chi connectivity index (χ0v) is 18.0. The number of ether oxygens (including phenoxy) is 4. The Morgan fingerprint density at radius 1 is 0.935 bits per heavy atom. The predicted octanol–water partition coefficient (Wildman–Crippen LogP) is 3.40. The van der Waals surface area contributed by atoms with Crippen LogP contribution in [0.2, 0.25) is 0 Å². The summed E-state index contributed by atoms with van der Waals surface area (Å²) in [7, 11) is 0. The summed E-state index contributed by atoms with van der Waals surface area (Å²) in [6.07, 6.45) is -2.44. The van der Waals surface area contributed by atoms with Gasteiger partial charge in [-0.05, 0) is 52.0 Å². The summed E-state index contributed by atoms with van der Waals surface area (Å²) in [5.41, 5.74) is 2.74. The molecular formula is C24H26O7. The van der Waals surface area contributed by atoms with E-state index in [-0.39, 0.29) is 6.61 Å². The van der Waals surface area contributed by atoms with E-state index in [0.29, 0.717) is 17.4 Å². The van der Waals surface area contributed by atoms with Crippen LogP contribution in [0.4, 0.5) is 0 Å². The molecule has 0 spiro atoms. The predicted molar refractivity (Wildman–Crippen MR) is 112 cm³/mol. The van der Waals surface area contributed by atoms with Gasteiger partial charge in [0.1, 0.15) is 18.8 Å². The Labute approximate surface area is 181 Å². The molecule has 0 amide bonds. The highest BCUT2D eigenvalue weighted by Crippen LogP contribution is 2.31. The number of benzene rings is 2. The highest BCUT2D eigenvalue weighted by atomic mass is 16.8. The van der Waals surface area contributed by atoms with Crippen LogP contribution in [0.3, 0.4) is 0 Å². The van der Waals surface area contributed by atoms with Gasteiger partial charge in [0.25, 0.3) is 0 Å². The fraction of sp³-hybridized carbons (Fsp3) is 0.375. The molecule has 0 bridgehead atoms. The number of carbonyl (C=O) groups is 3. The highest BCUT2D eigenvalue weighted by Gasteiger charge is 2.47. The summed E-state index contributed by atoms with van der Waals surface area (Å²) in [5, 5.41) is 0. The summed E-state index contributed by atoms with van der Waals surface area (Å²) < 4.78 is 22.4. The Bertz CT molecular complexity index is 931.